The van der Waals surface area contributed by atoms with Crippen molar-refractivity contribution in [3.8, 4) is 0 Å². The number of rotatable bonds is 2. The highest BCUT2D eigenvalue weighted by atomic mass is 79.9. The zero-order valence-corrected chi connectivity index (χ0v) is 13.2. The number of benzene rings is 2. The maximum absolute atomic E-state index is 13.8. The van der Waals surface area contributed by atoms with Crippen LogP contribution in [0, 0.1) is 17.5 Å². The highest BCUT2D eigenvalue weighted by molar-refractivity contribution is 9.10. The normalized spacial score (nSPS) is 12.5. The van der Waals surface area contributed by atoms with Crippen LogP contribution in [0.25, 0.3) is 0 Å². The first kappa shape index (κ1) is 14.9. The van der Waals surface area contributed by atoms with Crippen LogP contribution in [0.1, 0.15) is 16.0 Å². The predicted molar refractivity (Wildman–Crippen MR) is 76.2 cm³/mol. The van der Waals surface area contributed by atoms with Crippen LogP contribution in [-0.2, 0) is 0 Å². The first-order valence-electron chi connectivity index (χ1n) is 5.13. The molecule has 0 nitrogen and oxygen atoms in total. The van der Waals surface area contributed by atoms with Gasteiger partial charge in [-0.05, 0) is 45.8 Å². The lowest BCUT2D eigenvalue weighted by Gasteiger charge is -2.14. The largest absolute Gasteiger partial charge is 0.207 e. The molecule has 2 rings (SSSR count). The molecular weight excluding hydrogens is 408 g/mol. The first-order valence-corrected chi connectivity index (χ1v) is 7.22. The maximum atomic E-state index is 13.8. The SMILES string of the molecule is Fc1ccc(C(Br)c2cc(F)c(Br)cc2F)c(Cl)c1. The fourth-order valence-corrected chi connectivity index (χ4v) is 3.08. The van der Waals surface area contributed by atoms with Crippen molar-refractivity contribution in [1.82, 2.24) is 0 Å². The molecule has 19 heavy (non-hydrogen) atoms. The smallest absolute Gasteiger partial charge is 0.137 e. The van der Waals surface area contributed by atoms with E-state index in [2.05, 4.69) is 31.9 Å². The topological polar surface area (TPSA) is 0 Å². The summed E-state index contributed by atoms with van der Waals surface area (Å²) in [5.41, 5.74) is 0.554. The third-order valence-electron chi connectivity index (χ3n) is 2.55. The molecule has 0 amide bonds. The number of hydrogen-bond acceptors (Lipinski definition) is 0. The van der Waals surface area contributed by atoms with Crippen molar-refractivity contribution in [1.29, 1.82) is 0 Å². The Hall–Kier alpha value is -0.520. The summed E-state index contributed by atoms with van der Waals surface area (Å²) in [6.45, 7) is 0. The predicted octanol–water partition coefficient (Wildman–Crippen LogP) is 6.00. The van der Waals surface area contributed by atoms with Gasteiger partial charge in [0.15, 0.2) is 0 Å². The molecule has 0 aliphatic rings. The van der Waals surface area contributed by atoms with Crippen LogP contribution < -0.4 is 0 Å². The lowest BCUT2D eigenvalue weighted by atomic mass is 10.0. The van der Waals surface area contributed by atoms with Crippen molar-refractivity contribution in [2.24, 2.45) is 0 Å². The summed E-state index contributed by atoms with van der Waals surface area (Å²) in [5.74, 6) is -1.66. The van der Waals surface area contributed by atoms with Crippen molar-refractivity contribution in [3.63, 3.8) is 0 Å². The Morgan fingerprint density at radius 2 is 1.63 bits per heavy atom. The van der Waals surface area contributed by atoms with Gasteiger partial charge in [0.25, 0.3) is 0 Å². The van der Waals surface area contributed by atoms with Gasteiger partial charge in [0.05, 0.1) is 9.30 Å². The van der Waals surface area contributed by atoms with Crippen molar-refractivity contribution in [2.75, 3.05) is 0 Å². The molecule has 0 bridgehead atoms. The molecule has 0 N–H and O–H groups in total. The average Bonchev–Trinajstić information content (AvgIpc) is 2.33. The molecule has 0 saturated heterocycles. The van der Waals surface area contributed by atoms with Crippen LogP contribution in [0.5, 0.6) is 0 Å². The quantitative estimate of drug-likeness (QED) is 0.417. The molecule has 0 saturated carbocycles. The zero-order chi connectivity index (χ0) is 14.2. The summed E-state index contributed by atoms with van der Waals surface area (Å²) in [6, 6.07) is 5.87. The van der Waals surface area contributed by atoms with Crippen LogP contribution in [0.15, 0.2) is 34.8 Å². The van der Waals surface area contributed by atoms with Gasteiger partial charge in [-0.3, -0.25) is 0 Å². The standard InChI is InChI=1S/C13H6Br2ClF3/c14-9-5-11(18)8(4-12(9)19)13(15)7-2-1-6(17)3-10(7)16/h1-5,13H. The van der Waals surface area contributed by atoms with Crippen LogP contribution in [0.3, 0.4) is 0 Å². The summed E-state index contributed by atoms with van der Waals surface area (Å²) < 4.78 is 40.3. The summed E-state index contributed by atoms with van der Waals surface area (Å²) in [7, 11) is 0. The van der Waals surface area contributed by atoms with Crippen molar-refractivity contribution < 1.29 is 13.2 Å². The van der Waals surface area contributed by atoms with E-state index in [0.717, 1.165) is 18.2 Å². The molecule has 6 heteroatoms. The molecule has 0 radical (unpaired) electrons. The minimum absolute atomic E-state index is 0.0404. The van der Waals surface area contributed by atoms with Crippen LogP contribution in [-0.4, -0.2) is 0 Å². The summed E-state index contributed by atoms with van der Waals surface area (Å²) >= 11 is 12.1. The van der Waals surface area contributed by atoms with E-state index < -0.39 is 22.3 Å². The van der Waals surface area contributed by atoms with Gasteiger partial charge in [-0.2, -0.15) is 0 Å². The first-order chi connectivity index (χ1) is 8.90. The second kappa shape index (κ2) is 5.85. The van der Waals surface area contributed by atoms with E-state index in [1.165, 1.54) is 12.1 Å². The molecule has 1 unspecified atom stereocenters. The van der Waals surface area contributed by atoms with Gasteiger partial charge in [-0.25, -0.2) is 13.2 Å². The van der Waals surface area contributed by atoms with Crippen LogP contribution in [0.2, 0.25) is 5.02 Å². The molecular formula is C13H6Br2ClF3. The molecule has 0 aliphatic carbocycles. The van der Waals surface area contributed by atoms with Gasteiger partial charge >= 0.3 is 0 Å². The fourth-order valence-electron chi connectivity index (χ4n) is 1.61. The summed E-state index contributed by atoms with van der Waals surface area (Å²) in [6.07, 6.45) is 0. The number of alkyl halides is 1. The summed E-state index contributed by atoms with van der Waals surface area (Å²) in [5, 5.41) is 0.143. The number of halogens is 6. The van der Waals surface area contributed by atoms with E-state index in [4.69, 9.17) is 11.6 Å². The van der Waals surface area contributed by atoms with Crippen molar-refractivity contribution in [2.45, 2.75) is 4.83 Å². The maximum Gasteiger partial charge on any atom is 0.137 e. The average molecular weight is 414 g/mol. The van der Waals surface area contributed by atoms with E-state index in [1.54, 1.807) is 0 Å². The van der Waals surface area contributed by atoms with Gasteiger partial charge in [0, 0.05) is 10.6 Å². The Morgan fingerprint density at radius 1 is 0.947 bits per heavy atom. The molecule has 1 atom stereocenters. The van der Waals surface area contributed by atoms with E-state index in [9.17, 15) is 13.2 Å². The Labute approximate surface area is 129 Å². The highest BCUT2D eigenvalue weighted by Crippen LogP contribution is 2.37. The van der Waals surface area contributed by atoms with Gasteiger partial charge in [-0.1, -0.05) is 33.6 Å². The molecule has 0 fully saturated rings. The summed E-state index contributed by atoms with van der Waals surface area (Å²) in [4.78, 5) is -0.664. The van der Waals surface area contributed by atoms with E-state index >= 15 is 0 Å². The monoisotopic (exact) mass is 412 g/mol. The lowest BCUT2D eigenvalue weighted by molar-refractivity contribution is 0.583. The minimum Gasteiger partial charge on any atom is -0.207 e. The molecule has 2 aromatic carbocycles. The third-order valence-corrected chi connectivity index (χ3v) is 4.47. The van der Waals surface area contributed by atoms with Gasteiger partial charge in [-0.15, -0.1) is 0 Å². The highest BCUT2D eigenvalue weighted by Gasteiger charge is 2.20. The molecule has 0 heterocycles. The van der Waals surface area contributed by atoms with E-state index in [-0.39, 0.29) is 15.1 Å². The molecule has 0 aliphatic heterocycles. The Morgan fingerprint density at radius 3 is 2.26 bits per heavy atom. The van der Waals surface area contributed by atoms with Crippen molar-refractivity contribution in [3.05, 3.63) is 68.4 Å². The second-order valence-electron chi connectivity index (χ2n) is 3.82. The lowest BCUT2D eigenvalue weighted by Crippen LogP contribution is -1.99. The molecule has 2 aromatic rings. The van der Waals surface area contributed by atoms with E-state index in [1.807, 2.05) is 0 Å². The van der Waals surface area contributed by atoms with Crippen LogP contribution in [0.4, 0.5) is 13.2 Å². The second-order valence-corrected chi connectivity index (χ2v) is 5.99. The van der Waals surface area contributed by atoms with Gasteiger partial charge < -0.3 is 0 Å². The Bertz CT molecular complexity index is 632. The number of hydrogen-bond donors (Lipinski definition) is 0. The van der Waals surface area contributed by atoms with Crippen LogP contribution >= 0.6 is 43.5 Å². The Kier molecular flexibility index (Phi) is 4.58. The zero-order valence-electron chi connectivity index (χ0n) is 9.23. The fraction of sp³-hybridized carbons (Fsp3) is 0.0769. The Balaban J connectivity index is 2.49. The van der Waals surface area contributed by atoms with E-state index in [0.29, 0.717) is 5.56 Å². The molecule has 100 valence electrons. The molecule has 0 spiro atoms. The third kappa shape index (κ3) is 3.15. The van der Waals surface area contributed by atoms with Gasteiger partial charge in [0.2, 0.25) is 0 Å². The van der Waals surface area contributed by atoms with Gasteiger partial charge in [0.1, 0.15) is 17.5 Å². The minimum atomic E-state index is -0.664. The molecule has 0 aromatic heterocycles. The van der Waals surface area contributed by atoms with Crippen molar-refractivity contribution >= 4 is 43.5 Å².